The molecule has 0 saturated heterocycles. The van der Waals surface area contributed by atoms with Crippen molar-refractivity contribution in [3.05, 3.63) is 175 Å². The van der Waals surface area contributed by atoms with Crippen molar-refractivity contribution in [2.24, 2.45) is 0 Å². The van der Waals surface area contributed by atoms with Gasteiger partial charge in [-0.05, 0) is 73.3 Å². The van der Waals surface area contributed by atoms with Gasteiger partial charge >= 0.3 is 0 Å². The van der Waals surface area contributed by atoms with Gasteiger partial charge in [0, 0.05) is 0 Å². The van der Waals surface area contributed by atoms with E-state index in [9.17, 15) is 0 Å². The molecule has 0 fully saturated rings. The average Bonchev–Trinajstić information content (AvgIpc) is 3.02. The van der Waals surface area contributed by atoms with Crippen LogP contribution >= 0.6 is 0 Å². The third-order valence-electron chi connectivity index (χ3n) is 7.07. The van der Waals surface area contributed by atoms with E-state index in [-0.39, 0.29) is 0 Å². The molecule has 0 heterocycles. The fourth-order valence-electron chi connectivity index (χ4n) is 5.13. The first kappa shape index (κ1) is 23.5. The summed E-state index contributed by atoms with van der Waals surface area (Å²) in [6, 6.07) is 55.8. The lowest BCUT2D eigenvalue weighted by atomic mass is 9.87. The summed E-state index contributed by atoms with van der Waals surface area (Å²) in [5.41, 5.74) is 12.9. The second-order valence-electron chi connectivity index (χ2n) is 9.46. The van der Waals surface area contributed by atoms with Crippen LogP contribution in [0, 0.1) is 0 Å². The zero-order valence-electron chi connectivity index (χ0n) is 21.2. The molecule has 180 valence electrons. The maximum absolute atomic E-state index is 4.63. The Morgan fingerprint density at radius 2 is 0.658 bits per heavy atom. The highest BCUT2D eigenvalue weighted by atomic mass is 14.2. The highest BCUT2D eigenvalue weighted by molar-refractivity contribution is 5.93. The molecule has 6 aromatic rings. The summed E-state index contributed by atoms with van der Waals surface area (Å²) in [6.45, 7) is 4.63. The van der Waals surface area contributed by atoms with Crippen LogP contribution in [0.1, 0.15) is 11.1 Å². The van der Waals surface area contributed by atoms with E-state index in [1.54, 1.807) is 0 Å². The molecule has 0 aliphatic rings. The van der Waals surface area contributed by atoms with Crippen LogP contribution in [-0.4, -0.2) is 0 Å². The molecule has 0 nitrogen and oxygen atoms in total. The first-order chi connectivity index (χ1) is 18.8. The zero-order valence-corrected chi connectivity index (χ0v) is 21.2. The van der Waals surface area contributed by atoms with Gasteiger partial charge in [-0.25, -0.2) is 0 Å². The smallest absolute Gasteiger partial charge is 0.0105 e. The molecule has 0 atom stereocenters. The minimum absolute atomic E-state index is 1.02. The Balaban J connectivity index is 1.42. The number of benzene rings is 6. The van der Waals surface area contributed by atoms with E-state index in [1.807, 2.05) is 0 Å². The minimum Gasteiger partial charge on any atom is -0.0905 e. The van der Waals surface area contributed by atoms with E-state index in [4.69, 9.17) is 0 Å². The lowest BCUT2D eigenvalue weighted by Gasteiger charge is -2.17. The van der Waals surface area contributed by atoms with Gasteiger partial charge in [0.2, 0.25) is 0 Å². The fourth-order valence-corrected chi connectivity index (χ4v) is 5.13. The van der Waals surface area contributed by atoms with Crippen LogP contribution in [0.25, 0.3) is 50.1 Å². The summed E-state index contributed by atoms with van der Waals surface area (Å²) < 4.78 is 0. The van der Waals surface area contributed by atoms with Crippen LogP contribution in [0.3, 0.4) is 0 Å². The van der Waals surface area contributed by atoms with Crippen LogP contribution < -0.4 is 0 Å². The summed E-state index contributed by atoms with van der Waals surface area (Å²) in [7, 11) is 0. The highest BCUT2D eigenvalue weighted by Crippen LogP contribution is 2.38. The molecule has 0 heteroatoms. The molecular formula is C38H28. The standard InChI is InChI=1S/C38H28/c1-28(35-22-8-10-24-37(35)33-20-12-18-31(26-33)29-14-4-2-5-15-29)36-23-9-11-25-38(36)34-21-13-19-32(27-34)30-16-6-3-7-17-30/h2-27H,1H2. The first-order valence-electron chi connectivity index (χ1n) is 13.0. The summed E-state index contributed by atoms with van der Waals surface area (Å²) in [5.74, 6) is 0. The van der Waals surface area contributed by atoms with Crippen molar-refractivity contribution in [3.63, 3.8) is 0 Å². The molecule has 0 unspecified atom stereocenters. The van der Waals surface area contributed by atoms with Gasteiger partial charge in [-0.2, -0.15) is 0 Å². The molecule has 6 rings (SSSR count). The third kappa shape index (κ3) is 4.73. The van der Waals surface area contributed by atoms with Crippen LogP contribution in [0.15, 0.2) is 164 Å². The largest absolute Gasteiger partial charge is 0.0905 e. The van der Waals surface area contributed by atoms with Gasteiger partial charge in [-0.15, -0.1) is 0 Å². The van der Waals surface area contributed by atoms with Gasteiger partial charge < -0.3 is 0 Å². The van der Waals surface area contributed by atoms with Crippen LogP contribution in [0.2, 0.25) is 0 Å². The van der Waals surface area contributed by atoms with E-state index in [0.29, 0.717) is 0 Å². The highest BCUT2D eigenvalue weighted by Gasteiger charge is 2.14. The quantitative estimate of drug-likeness (QED) is 0.220. The van der Waals surface area contributed by atoms with Crippen molar-refractivity contribution in [2.45, 2.75) is 0 Å². The monoisotopic (exact) mass is 484 g/mol. The Bertz CT molecular complexity index is 1580. The molecule has 6 aromatic carbocycles. The molecule has 0 aliphatic carbocycles. The Labute approximate surface area is 225 Å². The number of hydrogen-bond acceptors (Lipinski definition) is 0. The van der Waals surface area contributed by atoms with E-state index < -0.39 is 0 Å². The second-order valence-corrected chi connectivity index (χ2v) is 9.46. The Morgan fingerprint density at radius 3 is 1.11 bits per heavy atom. The van der Waals surface area contributed by atoms with Gasteiger partial charge in [0.15, 0.2) is 0 Å². The maximum atomic E-state index is 4.63. The summed E-state index contributed by atoms with van der Waals surface area (Å²) >= 11 is 0. The van der Waals surface area contributed by atoms with E-state index in [1.165, 1.54) is 44.5 Å². The Morgan fingerprint density at radius 1 is 0.316 bits per heavy atom. The first-order valence-corrected chi connectivity index (χ1v) is 13.0. The summed E-state index contributed by atoms with van der Waals surface area (Å²) in [6.07, 6.45) is 0. The molecule has 0 bridgehead atoms. The maximum Gasteiger partial charge on any atom is -0.0105 e. The molecule has 0 saturated carbocycles. The van der Waals surface area contributed by atoms with Gasteiger partial charge in [-0.1, -0.05) is 152 Å². The second kappa shape index (κ2) is 10.6. The molecule has 0 N–H and O–H groups in total. The molecule has 38 heavy (non-hydrogen) atoms. The van der Waals surface area contributed by atoms with E-state index >= 15 is 0 Å². The minimum atomic E-state index is 1.02. The Hall–Kier alpha value is -4.94. The SMILES string of the molecule is C=C(c1ccccc1-c1cccc(-c2ccccc2)c1)c1ccccc1-c1cccc(-c2ccccc2)c1. The number of rotatable bonds is 6. The predicted molar refractivity (Wildman–Crippen MR) is 163 cm³/mol. The van der Waals surface area contributed by atoms with E-state index in [0.717, 1.165) is 16.7 Å². The lowest BCUT2D eigenvalue weighted by molar-refractivity contribution is 1.51. The molecule has 0 radical (unpaired) electrons. The van der Waals surface area contributed by atoms with Crippen LogP contribution in [0.5, 0.6) is 0 Å². The molecule has 0 aromatic heterocycles. The van der Waals surface area contributed by atoms with Crippen molar-refractivity contribution in [3.8, 4) is 44.5 Å². The molecule has 0 spiro atoms. The van der Waals surface area contributed by atoms with Crippen molar-refractivity contribution < 1.29 is 0 Å². The van der Waals surface area contributed by atoms with Gasteiger partial charge in [0.1, 0.15) is 0 Å². The fraction of sp³-hybridized carbons (Fsp3) is 0. The van der Waals surface area contributed by atoms with Crippen molar-refractivity contribution in [1.82, 2.24) is 0 Å². The normalized spacial score (nSPS) is 10.7. The van der Waals surface area contributed by atoms with Gasteiger partial charge in [0.25, 0.3) is 0 Å². The Kier molecular flexibility index (Phi) is 6.53. The topological polar surface area (TPSA) is 0 Å². The summed E-state index contributed by atoms with van der Waals surface area (Å²) in [4.78, 5) is 0. The van der Waals surface area contributed by atoms with Gasteiger partial charge in [-0.3, -0.25) is 0 Å². The average molecular weight is 485 g/mol. The molecule has 0 aliphatic heterocycles. The van der Waals surface area contributed by atoms with E-state index in [2.05, 4.69) is 164 Å². The molecule has 0 amide bonds. The summed E-state index contributed by atoms with van der Waals surface area (Å²) in [5, 5.41) is 0. The van der Waals surface area contributed by atoms with Crippen molar-refractivity contribution >= 4 is 5.57 Å². The van der Waals surface area contributed by atoms with Crippen molar-refractivity contribution in [1.29, 1.82) is 0 Å². The lowest BCUT2D eigenvalue weighted by Crippen LogP contribution is -1.94. The molecular weight excluding hydrogens is 456 g/mol. The predicted octanol–water partition coefficient (Wildman–Crippen LogP) is 10.4. The van der Waals surface area contributed by atoms with Gasteiger partial charge in [0.05, 0.1) is 0 Å². The van der Waals surface area contributed by atoms with Crippen LogP contribution in [-0.2, 0) is 0 Å². The zero-order chi connectivity index (χ0) is 25.7. The van der Waals surface area contributed by atoms with Crippen molar-refractivity contribution in [2.75, 3.05) is 0 Å². The number of hydrogen-bond donors (Lipinski definition) is 0. The van der Waals surface area contributed by atoms with Crippen LogP contribution in [0.4, 0.5) is 0 Å². The third-order valence-corrected chi connectivity index (χ3v) is 7.07.